The number of aliphatic hydroxyl groups is 4. The first kappa shape index (κ1) is 56.9. The number of aromatic hydroxyl groups is 1. The monoisotopic (exact) mass is 1110 g/mol. The van der Waals surface area contributed by atoms with Gasteiger partial charge in [-0.15, -0.1) is 0 Å². The van der Waals surface area contributed by atoms with Crippen LogP contribution in [0.2, 0.25) is 0 Å². The number of ketones is 2. The average Bonchev–Trinajstić information content (AvgIpc) is 2.46. The van der Waals surface area contributed by atoms with Crippen LogP contribution >= 0.6 is 0 Å². The summed E-state index contributed by atoms with van der Waals surface area (Å²) in [5, 5.41) is 68.6. The average molecular weight is 1110 g/mol. The molecule has 0 unspecified atom stereocenters. The summed E-state index contributed by atoms with van der Waals surface area (Å²) in [6.07, 6.45) is 21.5. The topological polar surface area (TPSA) is 198 Å². The van der Waals surface area contributed by atoms with Crippen molar-refractivity contribution in [2.45, 2.75) is 235 Å². The molecule has 19 atom stereocenters. The van der Waals surface area contributed by atoms with E-state index in [4.69, 9.17) is 10.5 Å². The second-order valence-electron chi connectivity index (χ2n) is 30.5. The summed E-state index contributed by atoms with van der Waals surface area (Å²) < 4.78 is 6.88. The number of hydrogen-bond donors (Lipinski definition) is 8. The molecule has 9 fully saturated rings. The van der Waals surface area contributed by atoms with E-state index in [1.165, 1.54) is 17.6 Å². The zero-order valence-corrected chi connectivity index (χ0v) is 49.8. The molecule has 444 valence electrons. The Morgan fingerprint density at radius 1 is 0.852 bits per heavy atom. The highest BCUT2D eigenvalue weighted by Crippen LogP contribution is 2.82. The van der Waals surface area contributed by atoms with Gasteiger partial charge >= 0.3 is 0 Å². The van der Waals surface area contributed by atoms with E-state index >= 15 is 9.59 Å². The molecule has 11 heteroatoms. The van der Waals surface area contributed by atoms with E-state index in [0.29, 0.717) is 62.8 Å². The van der Waals surface area contributed by atoms with Crippen molar-refractivity contribution in [3.8, 4) is 5.75 Å². The van der Waals surface area contributed by atoms with Crippen LogP contribution in [0.15, 0.2) is 53.6 Å². The number of phenols is 1. The molecule has 2 aromatic rings. The van der Waals surface area contributed by atoms with Crippen LogP contribution in [-0.4, -0.2) is 93.4 Å². The van der Waals surface area contributed by atoms with Gasteiger partial charge in [0.1, 0.15) is 17.6 Å². The number of nitrogens with two attached hydrogens (primary N) is 1. The SMILES string of the molecule is CNCc1cc(O)cc([C@]23CCC[C@]45CC(=O)C6=C4CC[C@@H]4[C@](C7CCCCC7)(C2)[C@H]2[C@H](C[C@@]45[C@H](CO)CC[C@@H]4CC[C@H](CO)C[C@@H]4[C@@H]6C[C@@H](O)[C@H]4O[C@]4(C)[C@@H]4CCC[C@H]4c4cccc(N)c4)NC[C@@](C)(O)CCCC[C@@]2(C)C3=O)c1. The van der Waals surface area contributed by atoms with Crippen LogP contribution in [0.1, 0.15) is 210 Å². The summed E-state index contributed by atoms with van der Waals surface area (Å²) >= 11 is 0. The Kier molecular flexibility index (Phi) is 14.8. The Morgan fingerprint density at radius 3 is 2.43 bits per heavy atom. The molecule has 13 rings (SSSR count). The number of nitrogens with one attached hydrogen (secondary N) is 2. The summed E-state index contributed by atoms with van der Waals surface area (Å²) in [5.74, 6) is 1.93. The minimum absolute atomic E-state index is 0.0214. The Morgan fingerprint density at radius 2 is 1.65 bits per heavy atom. The van der Waals surface area contributed by atoms with Crippen LogP contribution < -0.4 is 16.4 Å². The number of nitrogen functional groups attached to an aromatic ring is 1. The largest absolute Gasteiger partial charge is 0.508 e. The number of carbonyl (C=O) groups is 2. The van der Waals surface area contributed by atoms with E-state index in [9.17, 15) is 25.5 Å². The number of aliphatic hydroxyl groups excluding tert-OH is 3. The van der Waals surface area contributed by atoms with Crippen molar-refractivity contribution in [1.29, 1.82) is 0 Å². The van der Waals surface area contributed by atoms with E-state index in [1.807, 2.05) is 32.2 Å². The van der Waals surface area contributed by atoms with E-state index < -0.39 is 39.0 Å². The zero-order valence-electron chi connectivity index (χ0n) is 49.8. The van der Waals surface area contributed by atoms with Crippen molar-refractivity contribution in [2.24, 2.45) is 74.9 Å². The molecule has 2 saturated heterocycles. The van der Waals surface area contributed by atoms with Crippen LogP contribution in [0.5, 0.6) is 5.75 Å². The quantitative estimate of drug-likeness (QED) is 0.0787. The number of β-amino-alcohol motifs (C(OH)–C–C–N with tert-alkyl or cyclic N) is 1. The molecule has 11 aliphatic rings. The zero-order chi connectivity index (χ0) is 56.5. The van der Waals surface area contributed by atoms with Gasteiger partial charge in [-0.1, -0.05) is 75.6 Å². The third-order valence-electron chi connectivity index (χ3n) is 26.6. The number of epoxide rings is 1. The Balaban J connectivity index is 1.02. The fourth-order valence-electron chi connectivity index (χ4n) is 23.8. The predicted octanol–water partition coefficient (Wildman–Crippen LogP) is 11.2. The Hall–Kier alpha value is -3.16. The summed E-state index contributed by atoms with van der Waals surface area (Å²) in [7, 11) is 1.94. The molecule has 81 heavy (non-hydrogen) atoms. The van der Waals surface area contributed by atoms with E-state index in [1.54, 1.807) is 0 Å². The lowest BCUT2D eigenvalue weighted by molar-refractivity contribution is -0.256. The van der Waals surface area contributed by atoms with Gasteiger partial charge in [0.15, 0.2) is 5.78 Å². The molecule has 7 bridgehead atoms. The number of rotatable bonds is 11. The van der Waals surface area contributed by atoms with Gasteiger partial charge in [-0.05, 0) is 253 Å². The lowest BCUT2D eigenvalue weighted by Crippen LogP contribution is -2.76. The van der Waals surface area contributed by atoms with Gasteiger partial charge in [-0.3, -0.25) is 9.59 Å². The fraction of sp³-hybridized carbons (Fsp3) is 0.771. The standard InChI is InChI=1S/C70H101N3O8/c1-64(80)25-8-9-26-65(2)61-56(73-41-64)35-70-47(39-75)22-21-44-20-19-42(38-74)31-52(44)53(34-57(77)62-66(3,81-62)54-18-11-17-51(54)45-13-10-16-49(71)32-45)60-55-23-24-59(70)69(61,46-14-6-5-7-15-46)40-67(63(65)79,27-12-28-68(55,70)36-58(60)78)48-29-43(37-72-4)30-50(76)33-48/h10,13,16,29-30,32-33,42,44,46-47,51-54,56-57,59,61-62,72-77,80H,5-9,11-12,14-15,17-28,31,34-41,71H2,1-4H3/t42-,44-,47-,51-,52-,53-,54+,56-,57+,59+,61-,62+,64-,65+,66+,67-,68-,69+,70+/m0/s1. The summed E-state index contributed by atoms with van der Waals surface area (Å²) in [6.45, 7) is 7.76. The van der Waals surface area contributed by atoms with Crippen molar-refractivity contribution in [3.63, 3.8) is 0 Å². The summed E-state index contributed by atoms with van der Waals surface area (Å²) in [4.78, 5) is 33.6. The molecule has 0 aromatic heterocycles. The first-order chi connectivity index (χ1) is 38.9. The maximum atomic E-state index is 17.1. The number of phenolic OH excluding ortho intramolecular Hbond substituents is 1. The highest BCUT2D eigenvalue weighted by molar-refractivity contribution is 6.01. The number of anilines is 1. The van der Waals surface area contributed by atoms with Crippen molar-refractivity contribution in [1.82, 2.24) is 10.6 Å². The fourth-order valence-corrected chi connectivity index (χ4v) is 23.8. The third-order valence-corrected chi connectivity index (χ3v) is 26.6. The number of carbonyl (C=O) groups excluding carboxylic acids is 2. The van der Waals surface area contributed by atoms with Crippen LogP contribution in [0.25, 0.3) is 0 Å². The highest BCUT2D eigenvalue weighted by atomic mass is 16.6. The molecule has 2 aromatic carbocycles. The van der Waals surface area contributed by atoms with Gasteiger partial charge < -0.3 is 46.6 Å². The minimum Gasteiger partial charge on any atom is -0.508 e. The van der Waals surface area contributed by atoms with Crippen molar-refractivity contribution >= 4 is 17.3 Å². The second-order valence-corrected chi connectivity index (χ2v) is 30.5. The van der Waals surface area contributed by atoms with Gasteiger partial charge in [0, 0.05) is 55.3 Å². The van der Waals surface area contributed by atoms with Crippen LogP contribution in [0, 0.1) is 74.9 Å². The van der Waals surface area contributed by atoms with Gasteiger partial charge in [-0.2, -0.15) is 0 Å². The molecule has 2 spiro atoms. The van der Waals surface area contributed by atoms with Gasteiger partial charge in [0.05, 0.1) is 22.7 Å². The van der Waals surface area contributed by atoms with Crippen molar-refractivity contribution in [3.05, 3.63) is 70.3 Å². The predicted molar refractivity (Wildman–Crippen MR) is 316 cm³/mol. The second kappa shape index (κ2) is 21.1. The van der Waals surface area contributed by atoms with E-state index in [-0.39, 0.29) is 89.7 Å². The lowest BCUT2D eigenvalue weighted by Gasteiger charge is -2.76. The highest BCUT2D eigenvalue weighted by Gasteiger charge is 2.80. The van der Waals surface area contributed by atoms with E-state index in [0.717, 1.165) is 151 Å². The first-order valence-electron chi connectivity index (χ1n) is 33.1. The summed E-state index contributed by atoms with van der Waals surface area (Å²) in [6, 6.07) is 14.3. The molecule has 7 saturated carbocycles. The molecule has 0 radical (unpaired) electrons. The number of allylic oxidation sites excluding steroid dienone is 2. The molecule has 2 aliphatic heterocycles. The molecule has 9 N–H and O–H groups in total. The molecular formula is C70H101N3O8. The van der Waals surface area contributed by atoms with Crippen LogP contribution in [0.4, 0.5) is 5.69 Å². The van der Waals surface area contributed by atoms with E-state index in [2.05, 4.69) is 48.7 Å². The maximum Gasteiger partial charge on any atom is 0.160 e. The Bertz CT molecular complexity index is 2760. The number of Topliss-reactive ketones (excluding diaryl/α,β-unsaturated/α-hetero) is 2. The number of benzene rings is 2. The summed E-state index contributed by atoms with van der Waals surface area (Å²) in [5.41, 5.74) is 8.13. The van der Waals surface area contributed by atoms with Gasteiger partial charge in [0.25, 0.3) is 0 Å². The number of ether oxygens (including phenoxy) is 1. The Labute approximate surface area is 484 Å². The number of hydrogen-bond acceptors (Lipinski definition) is 11. The lowest BCUT2D eigenvalue weighted by atomic mass is 9.28. The molecular weight excluding hydrogens is 1010 g/mol. The minimum atomic E-state index is -0.942. The smallest absolute Gasteiger partial charge is 0.160 e. The first-order valence-corrected chi connectivity index (χ1v) is 33.1. The molecule has 2 heterocycles. The third kappa shape index (κ3) is 8.75. The molecule has 0 amide bonds. The normalized spacial score (nSPS) is 45.6. The molecule has 9 aliphatic carbocycles. The maximum absolute atomic E-state index is 17.1. The number of fused-ring (bicyclic) bond motifs is 2. The van der Waals surface area contributed by atoms with Gasteiger partial charge in [0.2, 0.25) is 0 Å². The molecule has 11 nitrogen and oxygen atoms in total. The van der Waals surface area contributed by atoms with Crippen LogP contribution in [-0.2, 0) is 26.3 Å². The van der Waals surface area contributed by atoms with Crippen molar-refractivity contribution in [2.75, 3.05) is 32.5 Å². The van der Waals surface area contributed by atoms with Gasteiger partial charge in [-0.25, -0.2) is 0 Å². The van der Waals surface area contributed by atoms with Crippen molar-refractivity contribution < 1.29 is 39.9 Å². The van der Waals surface area contributed by atoms with Crippen LogP contribution in [0.3, 0.4) is 0 Å².